The molecule has 1 aliphatic rings. The van der Waals surface area contributed by atoms with E-state index in [1.807, 2.05) is 6.07 Å². The summed E-state index contributed by atoms with van der Waals surface area (Å²) in [7, 11) is 0. The minimum Gasteiger partial charge on any atom is -0.367 e. The summed E-state index contributed by atoms with van der Waals surface area (Å²) in [6.45, 7) is 9.85. The first-order valence-electron chi connectivity index (χ1n) is 10.9. The van der Waals surface area contributed by atoms with Gasteiger partial charge >= 0.3 is 6.18 Å². The highest BCUT2D eigenvalue weighted by atomic mass is 35.5. The van der Waals surface area contributed by atoms with Crippen LogP contribution in [0.25, 0.3) is 5.78 Å². The molecule has 0 bridgehead atoms. The van der Waals surface area contributed by atoms with Crippen molar-refractivity contribution in [1.29, 1.82) is 0 Å². The number of rotatable bonds is 5. The zero-order valence-electron chi connectivity index (χ0n) is 19.1. The van der Waals surface area contributed by atoms with Gasteiger partial charge in [-0.1, -0.05) is 18.5 Å². The minimum atomic E-state index is -4.68. The lowest BCUT2D eigenvalue weighted by atomic mass is 10.1. The van der Waals surface area contributed by atoms with E-state index in [2.05, 4.69) is 37.1 Å². The van der Waals surface area contributed by atoms with Gasteiger partial charge in [0.05, 0.1) is 17.8 Å². The van der Waals surface area contributed by atoms with Gasteiger partial charge in [0, 0.05) is 48.2 Å². The van der Waals surface area contributed by atoms with Gasteiger partial charge in [-0.05, 0) is 38.6 Å². The first-order chi connectivity index (χ1) is 16.1. The molecule has 0 aliphatic carbocycles. The SMILES string of the molecule is CCN1CCN(c2ccc(Cl)cc2NC(=O)Cc2c(C)nc3nc(C(F)(F)F)nn3c2C)CC1. The number of nitrogens with zero attached hydrogens (tertiary/aromatic N) is 6. The van der Waals surface area contributed by atoms with E-state index in [4.69, 9.17) is 11.6 Å². The lowest BCUT2D eigenvalue weighted by Crippen LogP contribution is -2.46. The summed E-state index contributed by atoms with van der Waals surface area (Å²) in [5.41, 5.74) is 2.75. The number of fused-ring (bicyclic) bond motifs is 1. The Bertz CT molecular complexity index is 1220. The average molecular weight is 496 g/mol. The third kappa shape index (κ3) is 4.95. The summed E-state index contributed by atoms with van der Waals surface area (Å²) in [5, 5.41) is 6.95. The Balaban J connectivity index is 1.57. The van der Waals surface area contributed by atoms with Crippen LogP contribution in [-0.4, -0.2) is 63.1 Å². The van der Waals surface area contributed by atoms with Crippen molar-refractivity contribution in [1.82, 2.24) is 24.5 Å². The van der Waals surface area contributed by atoms with Crippen LogP contribution in [0.2, 0.25) is 5.02 Å². The molecule has 1 aliphatic heterocycles. The number of hydrogen-bond donors (Lipinski definition) is 1. The van der Waals surface area contributed by atoms with Gasteiger partial charge < -0.3 is 15.1 Å². The molecule has 2 aromatic heterocycles. The number of carbonyl (C=O) groups excluding carboxylic acids is 1. The maximum atomic E-state index is 13.0. The van der Waals surface area contributed by atoms with Crippen molar-refractivity contribution < 1.29 is 18.0 Å². The standard InChI is InChI=1S/C22H25ClF3N7O/c1-4-31-7-9-32(10-8-31)18-6-5-15(23)11-17(18)28-19(34)12-16-13(2)27-21-29-20(22(24,25)26)30-33(21)14(16)3/h5-6,11H,4,7-10,12H2,1-3H3,(H,28,34). The van der Waals surface area contributed by atoms with Crippen LogP contribution in [0.15, 0.2) is 18.2 Å². The van der Waals surface area contributed by atoms with Crippen LogP contribution in [0.5, 0.6) is 0 Å². The van der Waals surface area contributed by atoms with E-state index >= 15 is 0 Å². The highest BCUT2D eigenvalue weighted by molar-refractivity contribution is 6.31. The van der Waals surface area contributed by atoms with Crippen LogP contribution in [0.3, 0.4) is 0 Å². The van der Waals surface area contributed by atoms with Gasteiger partial charge in [-0.3, -0.25) is 4.79 Å². The molecule has 0 spiro atoms. The Hall–Kier alpha value is -2.92. The van der Waals surface area contributed by atoms with Crippen molar-refractivity contribution in [2.45, 2.75) is 33.4 Å². The largest absolute Gasteiger partial charge is 0.453 e. The predicted molar refractivity (Wildman–Crippen MR) is 123 cm³/mol. The number of benzene rings is 1. The van der Waals surface area contributed by atoms with E-state index in [1.54, 1.807) is 26.0 Å². The Morgan fingerprint density at radius 1 is 1.15 bits per heavy atom. The van der Waals surface area contributed by atoms with Crippen LogP contribution in [0.1, 0.15) is 29.7 Å². The molecule has 8 nitrogen and oxygen atoms in total. The quantitative estimate of drug-likeness (QED) is 0.581. The number of aromatic nitrogens is 4. The van der Waals surface area contributed by atoms with Crippen LogP contribution in [0, 0.1) is 13.8 Å². The van der Waals surface area contributed by atoms with Crippen molar-refractivity contribution in [3.63, 3.8) is 0 Å². The van der Waals surface area contributed by atoms with Gasteiger partial charge in [-0.25, -0.2) is 9.50 Å². The van der Waals surface area contributed by atoms with Crippen LogP contribution < -0.4 is 10.2 Å². The number of hydrogen-bond acceptors (Lipinski definition) is 6. The van der Waals surface area contributed by atoms with E-state index in [-0.39, 0.29) is 18.1 Å². The summed E-state index contributed by atoms with van der Waals surface area (Å²) in [4.78, 5) is 25.2. The van der Waals surface area contributed by atoms with Crippen LogP contribution in [0.4, 0.5) is 24.5 Å². The van der Waals surface area contributed by atoms with Crippen LogP contribution in [-0.2, 0) is 17.4 Å². The van der Waals surface area contributed by atoms with E-state index < -0.39 is 12.0 Å². The molecule has 4 rings (SSSR count). The highest BCUT2D eigenvalue weighted by Crippen LogP contribution is 2.31. The zero-order chi connectivity index (χ0) is 24.6. The summed E-state index contributed by atoms with van der Waals surface area (Å²) >= 11 is 6.20. The number of halogens is 4. The normalized spacial score (nSPS) is 15.2. The third-order valence-corrected chi connectivity index (χ3v) is 6.27. The van der Waals surface area contributed by atoms with E-state index in [9.17, 15) is 18.0 Å². The second-order valence-corrected chi connectivity index (χ2v) is 8.65. The van der Waals surface area contributed by atoms with E-state index in [0.29, 0.717) is 27.7 Å². The molecule has 1 amide bonds. The number of alkyl halides is 3. The smallest absolute Gasteiger partial charge is 0.367 e. The molecule has 1 N–H and O–H groups in total. The zero-order valence-corrected chi connectivity index (χ0v) is 19.8. The fraction of sp³-hybridized carbons (Fsp3) is 0.455. The Morgan fingerprint density at radius 3 is 2.50 bits per heavy atom. The average Bonchev–Trinajstić information content (AvgIpc) is 3.22. The van der Waals surface area contributed by atoms with Crippen molar-refractivity contribution in [2.24, 2.45) is 0 Å². The molecule has 1 saturated heterocycles. The van der Waals surface area contributed by atoms with Crippen molar-refractivity contribution in [3.05, 3.63) is 46.0 Å². The topological polar surface area (TPSA) is 78.7 Å². The molecule has 0 radical (unpaired) electrons. The summed E-state index contributed by atoms with van der Waals surface area (Å²) in [5.74, 6) is -1.76. The molecule has 1 aromatic carbocycles. The van der Waals surface area contributed by atoms with Crippen molar-refractivity contribution in [2.75, 3.05) is 42.9 Å². The first kappa shape index (κ1) is 24.2. The van der Waals surface area contributed by atoms with Crippen molar-refractivity contribution >= 4 is 34.7 Å². The molecule has 1 fully saturated rings. The number of carbonyl (C=O) groups is 1. The molecule has 3 heterocycles. The number of anilines is 2. The maximum Gasteiger partial charge on any atom is 0.453 e. The van der Waals surface area contributed by atoms with Gasteiger partial charge in [0.15, 0.2) is 0 Å². The Morgan fingerprint density at radius 2 is 1.85 bits per heavy atom. The second-order valence-electron chi connectivity index (χ2n) is 8.21. The third-order valence-electron chi connectivity index (χ3n) is 6.03. The lowest BCUT2D eigenvalue weighted by Gasteiger charge is -2.36. The fourth-order valence-electron chi connectivity index (χ4n) is 4.13. The minimum absolute atomic E-state index is 0.0859. The monoisotopic (exact) mass is 495 g/mol. The maximum absolute atomic E-state index is 13.0. The number of aryl methyl sites for hydroxylation is 2. The summed E-state index contributed by atoms with van der Waals surface area (Å²) in [6, 6.07) is 5.38. The van der Waals surface area contributed by atoms with Gasteiger partial charge in [0.25, 0.3) is 11.6 Å². The number of piperazine rings is 1. The Labute approximate surface area is 199 Å². The summed E-state index contributed by atoms with van der Waals surface area (Å²) < 4.78 is 40.1. The Kier molecular flexibility index (Phi) is 6.68. The molecule has 12 heteroatoms. The van der Waals surface area contributed by atoms with Crippen molar-refractivity contribution in [3.8, 4) is 0 Å². The second kappa shape index (κ2) is 9.38. The number of likely N-dealkylation sites (N-methyl/N-ethyl adjacent to an activating group) is 1. The molecule has 182 valence electrons. The highest BCUT2D eigenvalue weighted by Gasteiger charge is 2.37. The van der Waals surface area contributed by atoms with Gasteiger partial charge in [0.2, 0.25) is 5.91 Å². The van der Waals surface area contributed by atoms with Gasteiger partial charge in [0.1, 0.15) is 0 Å². The number of amides is 1. The lowest BCUT2D eigenvalue weighted by molar-refractivity contribution is -0.144. The van der Waals surface area contributed by atoms with Crippen LogP contribution >= 0.6 is 11.6 Å². The van der Waals surface area contributed by atoms with Gasteiger partial charge in [-0.2, -0.15) is 18.2 Å². The molecule has 0 saturated carbocycles. The molecule has 34 heavy (non-hydrogen) atoms. The predicted octanol–water partition coefficient (Wildman–Crippen LogP) is 3.74. The molecule has 0 atom stereocenters. The van der Waals surface area contributed by atoms with E-state index in [0.717, 1.165) is 42.9 Å². The first-order valence-corrected chi connectivity index (χ1v) is 11.3. The summed E-state index contributed by atoms with van der Waals surface area (Å²) in [6.07, 6.45) is -4.77. The molecule has 3 aromatic rings. The fourth-order valence-corrected chi connectivity index (χ4v) is 4.30. The molecular weight excluding hydrogens is 471 g/mol. The number of nitrogens with one attached hydrogen (secondary N) is 1. The molecule has 0 unspecified atom stereocenters. The van der Waals surface area contributed by atoms with E-state index in [1.165, 1.54) is 0 Å². The molecular formula is C22H25ClF3N7O. The van der Waals surface area contributed by atoms with Gasteiger partial charge in [-0.15, -0.1) is 5.10 Å².